The number of cyclic esters (lactones) is 1. The number of hydrogen-bond acceptors (Lipinski definition) is 30. The van der Waals surface area contributed by atoms with E-state index < -0.39 is 95.9 Å². The zero-order valence-corrected chi connectivity index (χ0v) is 82.7. The van der Waals surface area contributed by atoms with E-state index in [4.69, 9.17) is 77.8 Å². The van der Waals surface area contributed by atoms with E-state index in [9.17, 15) is 48.6 Å². The molecule has 34 nitrogen and oxygen atoms in total. The predicted molar refractivity (Wildman–Crippen MR) is 515 cm³/mol. The van der Waals surface area contributed by atoms with Crippen molar-refractivity contribution in [2.45, 2.75) is 264 Å². The molecule has 5 fully saturated rings. The van der Waals surface area contributed by atoms with Gasteiger partial charge in [-0.15, -0.1) is 0 Å². The van der Waals surface area contributed by atoms with Gasteiger partial charge < -0.3 is 103 Å². The zero-order valence-electron chi connectivity index (χ0n) is 82.7. The van der Waals surface area contributed by atoms with E-state index in [1.807, 2.05) is 85.9 Å². The lowest BCUT2D eigenvalue weighted by molar-refractivity contribution is -0.265. The molecule has 1 saturated carbocycles. The molecule has 4 saturated heterocycles. The number of benzene rings is 2. The maximum atomic E-state index is 14.6. The Hall–Kier alpha value is -9.14. The van der Waals surface area contributed by atoms with Crippen molar-refractivity contribution in [2.24, 2.45) is 41.4 Å². The number of nitrogens with two attached hydrogens (primary N) is 2. The van der Waals surface area contributed by atoms with Crippen LogP contribution in [0, 0.1) is 41.4 Å². The van der Waals surface area contributed by atoms with E-state index in [2.05, 4.69) is 49.9 Å². The molecule has 756 valence electrons. The predicted octanol–water partition coefficient (Wildman–Crippen LogP) is 11.5. The summed E-state index contributed by atoms with van der Waals surface area (Å²) >= 11 is 0. The number of aromatic nitrogens is 5. The maximum Gasteiger partial charge on any atom is 0.329 e. The van der Waals surface area contributed by atoms with Crippen LogP contribution in [0.2, 0.25) is 0 Å². The number of oxazole rings is 1. The van der Waals surface area contributed by atoms with Crippen LogP contribution in [-0.2, 0) is 115 Å². The fourth-order valence-electron chi connectivity index (χ4n) is 20.0. The molecule has 12 rings (SSSR count). The molecule has 3 amide bonds. The standard InChI is InChI=1S/C62H99NO18.C41H52N10O5/c1-40-18-13-12-14-19-41(2)52(73-9)38-48-24-22-46(7)62(71,81-48)59(68)60(69)63-26-16-15-20-49(63)61(70)80-53(39-50(64)42(3)35-45(6)57(67)58(75-11)56(66)44(5)34-40)43(4)36-47-23-25-51(54(37-47)74-10)79-55(65)21-17-27-76-30-31-78-33-32-77-29-28-72-8;1-2-18-54-20-21-55-19-12-35(52)49-16-10-32(11-17-49)48-13-7-28(8-14-48)40(53)50-15-9-29-22-27(3-4-31(29)25-50)24-51-39-36(38(42)44-26-45-39)37(47-51)30-5-6-34-33(23-30)46-41(43)56-34/h12-14,18-19,35,40,42-44,46-49,51-54,57-58,67,71H,15-17,20-34,36-39H2,1-11H3;3-6,22-23,26,28,32H,2,7-21,24-25H2,1H3,(H2,43,46)(H2,42,44,45)/b14-12+,18-13+,41-19+,45-35+;/t40-,42-,43-,44-,46-,47+,48+,49+,51-,52+,53+,54-,57-,58+,62-;/m1./s1. The van der Waals surface area contributed by atoms with Crippen LogP contribution in [0.4, 0.5) is 11.8 Å². The Labute approximate surface area is 806 Å². The summed E-state index contributed by atoms with van der Waals surface area (Å²) in [4.78, 5) is 132. The number of aliphatic hydroxyl groups is 2. The van der Waals surface area contributed by atoms with E-state index in [0.717, 1.165) is 88.0 Å². The van der Waals surface area contributed by atoms with E-state index in [1.54, 1.807) is 48.2 Å². The number of likely N-dealkylation sites (tertiary alicyclic amines) is 2. The van der Waals surface area contributed by atoms with Crippen molar-refractivity contribution in [3.05, 3.63) is 107 Å². The molecule has 6 aliphatic heterocycles. The molecule has 0 unspecified atom stereocenters. The maximum absolute atomic E-state index is 14.6. The summed E-state index contributed by atoms with van der Waals surface area (Å²) in [6, 6.07) is 11.5. The highest BCUT2D eigenvalue weighted by molar-refractivity contribution is 6.39. The first-order chi connectivity index (χ1) is 66.0. The number of rotatable bonds is 33. The fraction of sp³-hybridized carbons (Fsp3) is 0.670. The number of ketones is 3. The number of amides is 3. The molecule has 15 atom stereocenters. The molecule has 0 radical (unpaired) electrons. The van der Waals surface area contributed by atoms with Crippen LogP contribution >= 0.6 is 0 Å². The van der Waals surface area contributed by atoms with Crippen molar-refractivity contribution in [2.75, 3.05) is 152 Å². The lowest BCUT2D eigenvalue weighted by atomic mass is 9.78. The topological polar surface area (TPSA) is 422 Å². The highest BCUT2D eigenvalue weighted by Crippen LogP contribution is 2.41. The molecule has 7 aliphatic rings. The van der Waals surface area contributed by atoms with Crippen LogP contribution in [0.5, 0.6) is 0 Å². The Morgan fingerprint density at radius 3 is 2.13 bits per heavy atom. The summed E-state index contributed by atoms with van der Waals surface area (Å²) in [5.74, 6) is -7.87. The highest BCUT2D eigenvalue weighted by Gasteiger charge is 2.54. The van der Waals surface area contributed by atoms with Crippen LogP contribution in [0.25, 0.3) is 33.4 Å². The van der Waals surface area contributed by atoms with E-state index >= 15 is 0 Å². The van der Waals surface area contributed by atoms with E-state index in [-0.39, 0.29) is 78.9 Å². The number of methoxy groups -OCH3 is 4. The summed E-state index contributed by atoms with van der Waals surface area (Å²) in [7, 11) is 6.14. The number of allylic oxidation sites excluding steroid dienone is 6. The third-order valence-corrected chi connectivity index (χ3v) is 28.1. The molecule has 5 aromatic rings. The molecule has 1 aliphatic carbocycles. The van der Waals surface area contributed by atoms with Gasteiger partial charge in [-0.05, 0) is 200 Å². The molecule has 137 heavy (non-hydrogen) atoms. The molecule has 0 spiro atoms. The number of carbonyl (C=O) groups is 8. The average Bonchev–Trinajstić information content (AvgIpc) is 1.74. The lowest BCUT2D eigenvalue weighted by Crippen LogP contribution is -2.61. The number of hydrogen-bond donors (Lipinski definition) is 4. The van der Waals surface area contributed by atoms with Crippen molar-refractivity contribution >= 4 is 81.0 Å². The number of ether oxygens (including phenoxy) is 12. The van der Waals surface area contributed by atoms with Crippen LogP contribution in [0.15, 0.2) is 94.7 Å². The number of esters is 2. The van der Waals surface area contributed by atoms with Crippen molar-refractivity contribution in [3.8, 4) is 11.3 Å². The van der Waals surface area contributed by atoms with Gasteiger partial charge in [0.05, 0.1) is 96.1 Å². The van der Waals surface area contributed by atoms with Gasteiger partial charge in [-0.1, -0.05) is 96.2 Å². The van der Waals surface area contributed by atoms with Crippen LogP contribution in [0.3, 0.4) is 0 Å². The van der Waals surface area contributed by atoms with Crippen molar-refractivity contribution in [1.82, 2.24) is 44.3 Å². The first-order valence-electron chi connectivity index (χ1n) is 49.6. The summed E-state index contributed by atoms with van der Waals surface area (Å²) in [6.07, 6.45) is 18.7. The van der Waals surface area contributed by atoms with E-state index in [1.165, 1.54) is 29.5 Å². The second kappa shape index (κ2) is 54.0. The van der Waals surface area contributed by atoms with Gasteiger partial charge in [0, 0.05) is 129 Å². The summed E-state index contributed by atoms with van der Waals surface area (Å²) in [6.45, 7) is 25.5. The second-order valence-electron chi connectivity index (χ2n) is 38.2. The number of Topliss-reactive ketones (excluding diaryl/α,β-unsaturated/α-hetero) is 3. The number of fused-ring (bicyclic) bond motifs is 6. The monoisotopic (exact) mass is 1910 g/mol. The molecule has 3 aromatic heterocycles. The van der Waals surface area contributed by atoms with Crippen LogP contribution in [0.1, 0.15) is 200 Å². The Balaban J connectivity index is 0.000000279. The summed E-state index contributed by atoms with van der Waals surface area (Å²) in [5, 5.41) is 29.3. The third-order valence-electron chi connectivity index (χ3n) is 28.1. The van der Waals surface area contributed by atoms with Gasteiger partial charge in [-0.3, -0.25) is 33.6 Å². The first kappa shape index (κ1) is 108. The summed E-state index contributed by atoms with van der Waals surface area (Å²) in [5.41, 5.74) is 20.3. The number of nitrogen functional groups attached to an aromatic ring is 2. The quantitative estimate of drug-likeness (QED) is 0.0131. The van der Waals surface area contributed by atoms with Crippen LogP contribution < -0.4 is 11.5 Å². The Morgan fingerprint density at radius 1 is 0.693 bits per heavy atom. The number of carbonyl (C=O) groups excluding carboxylic acids is 8. The normalized spacial score (nSPS) is 27.6. The number of piperidine rings is 3. The smallest absolute Gasteiger partial charge is 0.329 e. The van der Waals surface area contributed by atoms with Crippen molar-refractivity contribution < 1.29 is 110 Å². The summed E-state index contributed by atoms with van der Waals surface area (Å²) < 4.78 is 75.6. The molecular formula is C103H151N11O23. The molecule has 2 bridgehead atoms. The minimum absolute atomic E-state index is 0.00145. The molecular weight excluding hydrogens is 1760 g/mol. The highest BCUT2D eigenvalue weighted by atomic mass is 16.6. The van der Waals surface area contributed by atoms with Gasteiger partial charge in [0.1, 0.15) is 59.6 Å². The van der Waals surface area contributed by atoms with Gasteiger partial charge in [0.2, 0.25) is 17.6 Å². The molecule has 6 N–H and O–H groups in total. The number of aliphatic hydroxyl groups excluding tert-OH is 1. The second-order valence-corrected chi connectivity index (χ2v) is 38.2. The number of nitrogens with zero attached hydrogens (tertiary/aromatic N) is 9. The average molecular weight is 1910 g/mol. The van der Waals surface area contributed by atoms with Gasteiger partial charge in [-0.2, -0.15) is 10.1 Å². The number of anilines is 2. The SMILES string of the molecule is CCCOCCOCCC(=O)N1CCC(N2CCC(C(=O)N3CCc4cc(Cn5nc(-c6ccc7oc(N)nc7c6)c6c(N)ncnc65)ccc4C3)CC2)CC1.COCCOCCOCCOCCCC(=O)O[C@@H]1CC[C@@H](C[C@@H](C)[C@@H]2CC(=O)[C@H](C)/C=C(\C)[C@@H](O)[C@@H](OC)C(=O)[C@H](C)C[C@H](C)/C=C/C=C/C=C(\C)[C@@H](OC)C[C@@H]3CC[C@@H](C)[C@@](O)(O3)C(=O)C(=O)N3CCCC[C@H]3C(=O)O2)C[C@H]1OC. The third kappa shape index (κ3) is 30.4. The molecule has 9 heterocycles. The van der Waals surface area contributed by atoms with Gasteiger partial charge >= 0.3 is 11.9 Å². The zero-order chi connectivity index (χ0) is 98.2. The fourth-order valence-corrected chi connectivity index (χ4v) is 20.0. The Kier molecular flexibility index (Phi) is 42.7. The molecule has 34 heteroatoms. The van der Waals surface area contributed by atoms with E-state index in [0.29, 0.717) is 208 Å². The first-order valence-corrected chi connectivity index (χ1v) is 49.6. The van der Waals surface area contributed by atoms with Gasteiger partial charge in [-0.25, -0.2) is 19.4 Å². The Morgan fingerprint density at radius 2 is 1.42 bits per heavy atom. The van der Waals surface area contributed by atoms with Crippen molar-refractivity contribution in [3.63, 3.8) is 0 Å². The lowest BCUT2D eigenvalue weighted by Gasteiger charge is -2.42. The molecule has 2 aromatic carbocycles. The van der Waals surface area contributed by atoms with Crippen LogP contribution in [-0.4, -0.2) is 303 Å². The van der Waals surface area contributed by atoms with Crippen molar-refractivity contribution in [1.29, 1.82) is 0 Å². The Bertz CT molecular complexity index is 4880. The minimum atomic E-state index is -2.46. The van der Waals surface area contributed by atoms with Gasteiger partial charge in [0.15, 0.2) is 17.0 Å². The van der Waals surface area contributed by atoms with Gasteiger partial charge in [0.25, 0.3) is 17.7 Å². The largest absolute Gasteiger partial charge is 0.460 e. The minimum Gasteiger partial charge on any atom is -0.460 e.